The van der Waals surface area contributed by atoms with E-state index in [-0.39, 0.29) is 0 Å². The topological polar surface area (TPSA) is 43.8 Å². The molecule has 3 heteroatoms. The largest absolute Gasteiger partial charge is 0.384 e. The van der Waals surface area contributed by atoms with Crippen LogP contribution in [-0.2, 0) is 6.54 Å². The van der Waals surface area contributed by atoms with Crippen LogP contribution in [0.15, 0.2) is 12.7 Å². The van der Waals surface area contributed by atoms with Gasteiger partial charge < -0.3 is 10.3 Å². The Hall–Kier alpha value is -1.25. The first-order valence-electron chi connectivity index (χ1n) is 7.51. The molecule has 1 aliphatic rings. The number of hydrogen-bond donors (Lipinski definition) is 1. The molecule has 1 aromatic heterocycles. The molecule has 0 spiro atoms. The fourth-order valence-corrected chi connectivity index (χ4v) is 3.10. The van der Waals surface area contributed by atoms with Crippen molar-refractivity contribution in [1.82, 2.24) is 9.55 Å². The third-order valence-corrected chi connectivity index (χ3v) is 4.30. The van der Waals surface area contributed by atoms with Gasteiger partial charge in [-0.2, -0.15) is 0 Å². The van der Waals surface area contributed by atoms with Crippen LogP contribution in [0.2, 0.25) is 0 Å². The Bertz CT molecular complexity index is 437. The van der Waals surface area contributed by atoms with Crippen LogP contribution < -0.4 is 5.73 Å². The van der Waals surface area contributed by atoms with E-state index in [9.17, 15) is 0 Å². The summed E-state index contributed by atoms with van der Waals surface area (Å²) in [5.74, 6) is 3.78. The molecular weight excluding hydrogens is 234 g/mol. The van der Waals surface area contributed by atoms with Crippen LogP contribution in [0.5, 0.6) is 0 Å². The molecule has 0 unspecified atom stereocenters. The summed E-state index contributed by atoms with van der Waals surface area (Å²) in [4.78, 5) is 4.87. The minimum Gasteiger partial charge on any atom is -0.384 e. The molecule has 3 nitrogen and oxygen atoms in total. The summed E-state index contributed by atoms with van der Waals surface area (Å²) in [5, 5.41) is 0. The number of imidazole rings is 1. The van der Waals surface area contributed by atoms with Gasteiger partial charge in [-0.15, -0.1) is 6.58 Å². The van der Waals surface area contributed by atoms with Crippen molar-refractivity contribution in [2.24, 2.45) is 5.92 Å². The van der Waals surface area contributed by atoms with Gasteiger partial charge in [0.25, 0.3) is 0 Å². The zero-order chi connectivity index (χ0) is 14.0. The Balaban J connectivity index is 2.30. The zero-order valence-electron chi connectivity index (χ0n) is 12.5. The van der Waals surface area contributed by atoms with Gasteiger partial charge in [0.1, 0.15) is 11.6 Å². The molecule has 0 aromatic carbocycles. The summed E-state index contributed by atoms with van der Waals surface area (Å²) in [7, 11) is 0. The fraction of sp³-hybridized carbons (Fsp3) is 0.688. The van der Waals surface area contributed by atoms with E-state index < -0.39 is 0 Å². The van der Waals surface area contributed by atoms with E-state index in [1.54, 1.807) is 0 Å². The van der Waals surface area contributed by atoms with Crippen molar-refractivity contribution in [3.05, 3.63) is 24.2 Å². The Labute approximate surface area is 116 Å². The molecule has 0 saturated heterocycles. The number of anilines is 1. The van der Waals surface area contributed by atoms with Crippen molar-refractivity contribution >= 4 is 5.82 Å². The Morgan fingerprint density at radius 3 is 2.53 bits per heavy atom. The molecule has 1 heterocycles. The maximum absolute atomic E-state index is 6.35. The third-order valence-electron chi connectivity index (χ3n) is 4.30. The molecular formula is C16H27N3. The summed E-state index contributed by atoms with van der Waals surface area (Å²) in [6.45, 7) is 11.3. The highest BCUT2D eigenvalue weighted by molar-refractivity contribution is 5.41. The van der Waals surface area contributed by atoms with E-state index in [1.807, 2.05) is 6.08 Å². The van der Waals surface area contributed by atoms with Gasteiger partial charge >= 0.3 is 0 Å². The maximum atomic E-state index is 6.35. The minimum atomic E-state index is 0.401. The normalized spacial score (nSPS) is 23.8. The molecule has 1 saturated carbocycles. The van der Waals surface area contributed by atoms with E-state index in [1.165, 1.54) is 25.7 Å². The number of aromatic nitrogens is 2. The number of nitrogens with zero attached hydrogens (tertiary/aromatic N) is 2. The molecule has 1 aromatic rings. The fourth-order valence-electron chi connectivity index (χ4n) is 3.10. The quantitative estimate of drug-likeness (QED) is 0.830. The predicted octanol–water partition coefficient (Wildman–Crippen LogP) is 4.07. The monoisotopic (exact) mass is 261 g/mol. The molecule has 0 amide bonds. The first kappa shape index (κ1) is 14.2. The van der Waals surface area contributed by atoms with Crippen LogP contribution in [0, 0.1) is 5.92 Å². The van der Waals surface area contributed by atoms with Gasteiger partial charge in [-0.05, 0) is 18.8 Å². The highest BCUT2D eigenvalue weighted by Crippen LogP contribution is 2.38. The van der Waals surface area contributed by atoms with Crippen LogP contribution in [-0.4, -0.2) is 9.55 Å². The van der Waals surface area contributed by atoms with Gasteiger partial charge in [-0.1, -0.05) is 39.7 Å². The molecule has 1 aliphatic carbocycles. The van der Waals surface area contributed by atoms with Crippen LogP contribution in [0.1, 0.15) is 69.8 Å². The van der Waals surface area contributed by atoms with Gasteiger partial charge in [0.15, 0.2) is 0 Å². The second-order valence-electron chi connectivity index (χ2n) is 6.25. The smallest absolute Gasteiger partial charge is 0.127 e. The second kappa shape index (κ2) is 5.81. The van der Waals surface area contributed by atoms with Crippen molar-refractivity contribution in [3.63, 3.8) is 0 Å². The highest BCUT2D eigenvalue weighted by Gasteiger charge is 2.26. The summed E-state index contributed by atoms with van der Waals surface area (Å²) in [5.41, 5.74) is 7.48. The van der Waals surface area contributed by atoms with Crippen molar-refractivity contribution in [3.8, 4) is 0 Å². The first-order valence-corrected chi connectivity index (χ1v) is 7.51. The SMILES string of the molecule is C=CCn1c(C(C)C)nc(C2CCC(C)CC2)c1N. The van der Waals surface area contributed by atoms with Gasteiger partial charge in [0, 0.05) is 18.4 Å². The van der Waals surface area contributed by atoms with Crippen LogP contribution >= 0.6 is 0 Å². The van der Waals surface area contributed by atoms with Crippen molar-refractivity contribution in [1.29, 1.82) is 0 Å². The molecule has 0 aliphatic heterocycles. The first-order chi connectivity index (χ1) is 9.04. The van der Waals surface area contributed by atoms with E-state index in [0.717, 1.165) is 29.8 Å². The molecule has 1 fully saturated rings. The lowest BCUT2D eigenvalue weighted by Gasteiger charge is -2.25. The predicted molar refractivity (Wildman–Crippen MR) is 81.3 cm³/mol. The number of rotatable bonds is 4. The van der Waals surface area contributed by atoms with Gasteiger partial charge in [0.2, 0.25) is 0 Å². The average molecular weight is 261 g/mol. The van der Waals surface area contributed by atoms with Gasteiger partial charge in [-0.25, -0.2) is 4.98 Å². The average Bonchev–Trinajstić information content (AvgIpc) is 2.69. The van der Waals surface area contributed by atoms with Crippen LogP contribution in [0.25, 0.3) is 0 Å². The summed E-state index contributed by atoms with van der Waals surface area (Å²) in [6.07, 6.45) is 6.96. The lowest BCUT2D eigenvalue weighted by Crippen LogP contribution is -2.13. The van der Waals surface area contributed by atoms with Crippen molar-refractivity contribution in [2.75, 3.05) is 5.73 Å². The van der Waals surface area contributed by atoms with E-state index in [2.05, 4.69) is 31.9 Å². The van der Waals surface area contributed by atoms with Gasteiger partial charge in [-0.3, -0.25) is 0 Å². The summed E-state index contributed by atoms with van der Waals surface area (Å²) < 4.78 is 2.13. The number of hydrogen-bond acceptors (Lipinski definition) is 2. The minimum absolute atomic E-state index is 0.401. The number of allylic oxidation sites excluding steroid dienone is 1. The molecule has 106 valence electrons. The Kier molecular flexibility index (Phi) is 4.33. The zero-order valence-corrected chi connectivity index (χ0v) is 12.5. The second-order valence-corrected chi connectivity index (χ2v) is 6.25. The standard InChI is InChI=1S/C16H27N3/c1-5-10-19-15(17)14(18-16(19)11(2)3)13-8-6-12(4)7-9-13/h5,11-13H,1,6-10,17H2,2-4H3. The third kappa shape index (κ3) is 2.85. The molecule has 19 heavy (non-hydrogen) atoms. The van der Waals surface area contributed by atoms with Gasteiger partial charge in [0.05, 0.1) is 5.69 Å². The highest BCUT2D eigenvalue weighted by atomic mass is 15.1. The lowest BCUT2D eigenvalue weighted by molar-refractivity contribution is 0.345. The molecule has 0 bridgehead atoms. The van der Waals surface area contributed by atoms with E-state index in [4.69, 9.17) is 10.7 Å². The summed E-state index contributed by atoms with van der Waals surface area (Å²) in [6, 6.07) is 0. The number of nitrogen functional groups attached to an aromatic ring is 1. The van der Waals surface area contributed by atoms with E-state index in [0.29, 0.717) is 11.8 Å². The lowest BCUT2D eigenvalue weighted by atomic mass is 9.81. The van der Waals surface area contributed by atoms with E-state index >= 15 is 0 Å². The molecule has 0 atom stereocenters. The van der Waals surface area contributed by atoms with Crippen molar-refractivity contribution < 1.29 is 0 Å². The van der Waals surface area contributed by atoms with Crippen molar-refractivity contribution in [2.45, 2.75) is 64.8 Å². The van der Waals surface area contributed by atoms with Crippen LogP contribution in [0.4, 0.5) is 5.82 Å². The van der Waals surface area contributed by atoms with Crippen LogP contribution in [0.3, 0.4) is 0 Å². The number of nitrogens with two attached hydrogens (primary N) is 1. The molecule has 2 N–H and O–H groups in total. The Morgan fingerprint density at radius 2 is 2.00 bits per heavy atom. The maximum Gasteiger partial charge on any atom is 0.127 e. The molecule has 2 rings (SSSR count). The Morgan fingerprint density at radius 1 is 1.37 bits per heavy atom. The summed E-state index contributed by atoms with van der Waals surface area (Å²) >= 11 is 0. The molecule has 0 radical (unpaired) electrons.